The van der Waals surface area contributed by atoms with Gasteiger partial charge >= 0.3 is 0 Å². The van der Waals surface area contributed by atoms with Gasteiger partial charge in [0.15, 0.2) is 0 Å². The maximum atomic E-state index is 14.0. The predicted molar refractivity (Wildman–Crippen MR) is 171 cm³/mol. The summed E-state index contributed by atoms with van der Waals surface area (Å²) in [7, 11) is 1.66. The first-order chi connectivity index (χ1) is 21.6. The molecule has 3 aromatic carbocycles. The summed E-state index contributed by atoms with van der Waals surface area (Å²) in [6, 6.07) is 33.3. The highest BCUT2D eigenvalue weighted by atomic mass is 16.5. The van der Waals surface area contributed by atoms with Crippen LogP contribution in [0.25, 0.3) is 11.1 Å². The molecule has 2 aliphatic rings. The summed E-state index contributed by atoms with van der Waals surface area (Å²) < 4.78 is 7.60. The van der Waals surface area contributed by atoms with Crippen molar-refractivity contribution in [2.75, 3.05) is 43.1 Å². The molecule has 0 aliphatic carbocycles. The summed E-state index contributed by atoms with van der Waals surface area (Å²) in [5.74, 6) is 1.65. The molecule has 8 nitrogen and oxygen atoms in total. The van der Waals surface area contributed by atoms with E-state index in [9.17, 15) is 9.59 Å². The zero-order valence-corrected chi connectivity index (χ0v) is 24.6. The number of aromatic nitrogens is 2. The Morgan fingerprint density at radius 3 is 2.25 bits per heavy atom. The first-order valence-electron chi connectivity index (χ1n) is 14.9. The number of hydrogen-bond acceptors (Lipinski definition) is 5. The number of ether oxygens (including phenoxy) is 1. The van der Waals surface area contributed by atoms with Crippen LogP contribution >= 0.6 is 0 Å². The van der Waals surface area contributed by atoms with E-state index in [-0.39, 0.29) is 11.8 Å². The van der Waals surface area contributed by atoms with Gasteiger partial charge in [-0.2, -0.15) is 0 Å². The number of nitrogens with zero attached hydrogens (tertiary/aromatic N) is 5. The number of carbonyl (C=O) groups excluding carboxylic acids is 2. The molecule has 0 saturated carbocycles. The van der Waals surface area contributed by atoms with Gasteiger partial charge < -0.3 is 24.0 Å². The fourth-order valence-corrected chi connectivity index (χ4v) is 6.20. The Morgan fingerprint density at radius 1 is 0.727 bits per heavy atom. The van der Waals surface area contributed by atoms with Gasteiger partial charge in [-0.25, -0.2) is 4.98 Å². The highest BCUT2D eigenvalue weighted by Crippen LogP contribution is 2.33. The second-order valence-corrected chi connectivity index (χ2v) is 11.1. The van der Waals surface area contributed by atoms with E-state index >= 15 is 0 Å². The third kappa shape index (κ3) is 5.08. The minimum absolute atomic E-state index is 0.0149. The van der Waals surface area contributed by atoms with E-state index in [1.165, 1.54) is 0 Å². The fourth-order valence-electron chi connectivity index (χ4n) is 6.20. The Hall–Kier alpha value is -5.37. The van der Waals surface area contributed by atoms with Crippen LogP contribution in [0.3, 0.4) is 0 Å². The third-order valence-electron chi connectivity index (χ3n) is 8.56. The second kappa shape index (κ2) is 11.7. The molecule has 2 amide bonds. The molecule has 220 valence electrons. The smallest absolute Gasteiger partial charge is 0.270 e. The number of hydrogen-bond donors (Lipinski definition) is 0. The van der Waals surface area contributed by atoms with Crippen molar-refractivity contribution in [2.45, 2.75) is 13.1 Å². The maximum Gasteiger partial charge on any atom is 0.270 e. The molecule has 1 saturated heterocycles. The van der Waals surface area contributed by atoms with Crippen LogP contribution in [0, 0.1) is 0 Å². The van der Waals surface area contributed by atoms with E-state index in [1.807, 2.05) is 113 Å². The van der Waals surface area contributed by atoms with Gasteiger partial charge in [0.25, 0.3) is 11.8 Å². The Balaban J connectivity index is 1.13. The van der Waals surface area contributed by atoms with E-state index in [2.05, 4.69) is 14.5 Å². The molecular formula is C36H33N5O3. The molecule has 44 heavy (non-hydrogen) atoms. The Kier molecular flexibility index (Phi) is 7.32. The average molecular weight is 584 g/mol. The number of piperazine rings is 1. The molecule has 0 unspecified atom stereocenters. The lowest BCUT2D eigenvalue weighted by molar-refractivity contribution is 0.0735. The molecule has 2 aromatic heterocycles. The van der Waals surface area contributed by atoms with Gasteiger partial charge in [-0.3, -0.25) is 9.59 Å². The largest absolute Gasteiger partial charge is 0.496 e. The third-order valence-corrected chi connectivity index (χ3v) is 8.56. The number of pyridine rings is 1. The van der Waals surface area contributed by atoms with E-state index in [0.29, 0.717) is 37.4 Å². The topological polar surface area (TPSA) is 70.9 Å². The van der Waals surface area contributed by atoms with Crippen molar-refractivity contribution in [1.82, 2.24) is 14.5 Å². The number of fused-ring (bicyclic) bond motifs is 2. The molecule has 0 atom stereocenters. The van der Waals surface area contributed by atoms with Gasteiger partial charge in [-0.05, 0) is 59.7 Å². The van der Waals surface area contributed by atoms with Crippen LogP contribution in [0.2, 0.25) is 0 Å². The summed E-state index contributed by atoms with van der Waals surface area (Å²) in [6.07, 6.45) is 1.80. The number of carbonyl (C=O) groups is 2. The molecule has 0 spiro atoms. The minimum atomic E-state index is -0.0859. The number of anilines is 2. The number of methoxy groups -OCH3 is 1. The average Bonchev–Trinajstić information content (AvgIpc) is 3.41. The van der Waals surface area contributed by atoms with Crippen LogP contribution in [0.1, 0.15) is 32.1 Å². The van der Waals surface area contributed by atoms with Crippen LogP contribution in [0.4, 0.5) is 11.5 Å². The van der Waals surface area contributed by atoms with Gasteiger partial charge in [-0.1, -0.05) is 54.6 Å². The molecule has 0 bridgehead atoms. The maximum absolute atomic E-state index is 14.0. The highest BCUT2D eigenvalue weighted by molar-refractivity contribution is 6.07. The molecule has 0 radical (unpaired) electrons. The van der Waals surface area contributed by atoms with E-state index in [4.69, 9.17) is 4.74 Å². The lowest BCUT2D eigenvalue weighted by Crippen LogP contribution is -2.49. The van der Waals surface area contributed by atoms with Gasteiger partial charge in [-0.15, -0.1) is 0 Å². The van der Waals surface area contributed by atoms with E-state index in [1.54, 1.807) is 13.3 Å². The van der Waals surface area contributed by atoms with Crippen molar-refractivity contribution >= 4 is 23.3 Å². The van der Waals surface area contributed by atoms with Gasteiger partial charge in [0.1, 0.15) is 17.3 Å². The molecule has 7 rings (SSSR count). The van der Waals surface area contributed by atoms with Crippen molar-refractivity contribution in [3.8, 4) is 16.9 Å². The number of para-hydroxylation sites is 2. The molecule has 0 N–H and O–H groups in total. The summed E-state index contributed by atoms with van der Waals surface area (Å²) in [5, 5.41) is 0. The zero-order valence-electron chi connectivity index (χ0n) is 24.6. The zero-order chi connectivity index (χ0) is 30.0. The van der Waals surface area contributed by atoms with Crippen LogP contribution in [0.15, 0.2) is 109 Å². The normalized spacial score (nSPS) is 14.4. The Bertz CT molecular complexity index is 1810. The van der Waals surface area contributed by atoms with Crippen LogP contribution < -0.4 is 14.5 Å². The Labute approximate surface area is 256 Å². The van der Waals surface area contributed by atoms with E-state index in [0.717, 1.165) is 52.7 Å². The summed E-state index contributed by atoms with van der Waals surface area (Å²) in [4.78, 5) is 38.3. The summed E-state index contributed by atoms with van der Waals surface area (Å²) in [5.41, 5.74) is 5.98. The lowest BCUT2D eigenvalue weighted by atomic mass is 10.0. The van der Waals surface area contributed by atoms with Crippen molar-refractivity contribution in [2.24, 2.45) is 0 Å². The quantitative estimate of drug-likeness (QED) is 0.264. The molecular weight excluding hydrogens is 550 g/mol. The second-order valence-electron chi connectivity index (χ2n) is 11.1. The molecule has 4 heterocycles. The van der Waals surface area contributed by atoms with Gasteiger partial charge in [0.05, 0.1) is 20.2 Å². The monoisotopic (exact) mass is 583 g/mol. The number of benzene rings is 3. The first-order valence-corrected chi connectivity index (χ1v) is 14.9. The van der Waals surface area contributed by atoms with Crippen LogP contribution in [-0.4, -0.2) is 59.6 Å². The first kappa shape index (κ1) is 27.5. The molecule has 5 aromatic rings. The molecule has 8 heteroatoms. The number of rotatable bonds is 5. The standard InChI is InChI=1S/C36H33N5O3/c1-44-33-11-5-3-9-30(33)26-13-15-27(16-14-26)35(42)41-25-29-17-18-32(40(29)24-28-8-2-4-10-31(28)41)36(43)39-22-20-38(21-23-39)34-12-6-7-19-37-34/h2-19H,20-25H2,1H3. The van der Waals surface area contributed by atoms with Crippen molar-refractivity contribution in [3.05, 3.63) is 132 Å². The lowest BCUT2D eigenvalue weighted by Gasteiger charge is -2.35. The van der Waals surface area contributed by atoms with Crippen LogP contribution in [0.5, 0.6) is 5.75 Å². The van der Waals surface area contributed by atoms with Gasteiger partial charge in [0, 0.05) is 54.9 Å². The van der Waals surface area contributed by atoms with Crippen molar-refractivity contribution in [1.29, 1.82) is 0 Å². The highest BCUT2D eigenvalue weighted by Gasteiger charge is 2.30. The number of amides is 2. The van der Waals surface area contributed by atoms with Crippen LogP contribution in [-0.2, 0) is 13.1 Å². The summed E-state index contributed by atoms with van der Waals surface area (Å²) >= 11 is 0. The van der Waals surface area contributed by atoms with Crippen molar-refractivity contribution < 1.29 is 14.3 Å². The molecule has 2 aliphatic heterocycles. The molecule has 1 fully saturated rings. The van der Waals surface area contributed by atoms with Crippen molar-refractivity contribution in [3.63, 3.8) is 0 Å². The SMILES string of the molecule is COc1ccccc1-c1ccc(C(=O)N2Cc3ccc(C(=O)N4CCN(c5ccccn5)CC4)n3Cc3ccccc32)cc1. The predicted octanol–water partition coefficient (Wildman–Crippen LogP) is 5.73. The van der Waals surface area contributed by atoms with E-state index < -0.39 is 0 Å². The minimum Gasteiger partial charge on any atom is -0.496 e. The van der Waals surface area contributed by atoms with Gasteiger partial charge in [0.2, 0.25) is 0 Å². The Morgan fingerprint density at radius 2 is 1.48 bits per heavy atom. The summed E-state index contributed by atoms with van der Waals surface area (Å²) in [6.45, 7) is 3.60. The fraction of sp³-hybridized carbons (Fsp3) is 0.194.